The predicted molar refractivity (Wildman–Crippen MR) is 127 cm³/mol. The van der Waals surface area contributed by atoms with E-state index in [1.165, 1.54) is 0 Å². The van der Waals surface area contributed by atoms with Crippen molar-refractivity contribution in [2.24, 2.45) is 5.41 Å². The van der Waals surface area contributed by atoms with Gasteiger partial charge in [0.1, 0.15) is 23.8 Å². The van der Waals surface area contributed by atoms with Crippen molar-refractivity contribution in [2.45, 2.75) is 20.8 Å². The zero-order chi connectivity index (χ0) is 23.0. The van der Waals surface area contributed by atoms with Crippen LogP contribution in [0, 0.1) is 23.7 Å². The second-order valence-electron chi connectivity index (χ2n) is 8.66. The Bertz CT molecular complexity index is 1510. The van der Waals surface area contributed by atoms with Crippen molar-refractivity contribution in [3.05, 3.63) is 66.7 Å². The van der Waals surface area contributed by atoms with Crippen LogP contribution in [0.25, 0.3) is 27.7 Å². The summed E-state index contributed by atoms with van der Waals surface area (Å²) in [5.74, 6) is 2.06. The standard InChI is InChI=1S/C25H23N7O/c1-16-10-20(21(13-28-16)33-15-25(2,3)14-26)18-7-9-32-19(11-18)12-23(31-32)29-22-5-4-17-6-8-27-24(17)30-22/h4-13H,15H2,1-3H3,(H2,27,29,30,31). The molecule has 0 unspecified atom stereocenters. The van der Waals surface area contributed by atoms with Gasteiger partial charge in [0.2, 0.25) is 0 Å². The Labute approximate surface area is 190 Å². The fourth-order valence-corrected chi connectivity index (χ4v) is 3.53. The minimum atomic E-state index is -0.588. The SMILES string of the molecule is Cc1cc(-c2ccn3nc(Nc4ccc5cc[nH]c5n4)cc3c2)c(OCC(C)(C)C#N)cn1. The third-order valence-electron chi connectivity index (χ3n) is 5.34. The zero-order valence-electron chi connectivity index (χ0n) is 18.6. The monoisotopic (exact) mass is 437 g/mol. The summed E-state index contributed by atoms with van der Waals surface area (Å²) in [5.41, 5.74) is 3.96. The molecule has 164 valence electrons. The Morgan fingerprint density at radius 2 is 2.03 bits per heavy atom. The molecule has 5 rings (SSSR count). The maximum Gasteiger partial charge on any atom is 0.154 e. The van der Waals surface area contributed by atoms with E-state index in [-0.39, 0.29) is 6.61 Å². The van der Waals surface area contributed by atoms with Crippen LogP contribution >= 0.6 is 0 Å². The van der Waals surface area contributed by atoms with Gasteiger partial charge in [-0.05, 0) is 62.7 Å². The van der Waals surface area contributed by atoms with Crippen LogP contribution in [0.15, 0.2) is 61.1 Å². The largest absolute Gasteiger partial charge is 0.490 e. The fraction of sp³-hybridized carbons (Fsp3) is 0.200. The molecule has 0 aliphatic rings. The first-order valence-corrected chi connectivity index (χ1v) is 10.6. The average molecular weight is 438 g/mol. The summed E-state index contributed by atoms with van der Waals surface area (Å²) in [6.07, 6.45) is 5.50. The Hall–Kier alpha value is -4.38. The van der Waals surface area contributed by atoms with Crippen molar-refractivity contribution in [2.75, 3.05) is 11.9 Å². The van der Waals surface area contributed by atoms with Crippen LogP contribution in [0.4, 0.5) is 11.6 Å². The number of H-pyrrole nitrogens is 1. The van der Waals surface area contributed by atoms with Crippen molar-refractivity contribution in [1.82, 2.24) is 24.6 Å². The number of hydrogen-bond acceptors (Lipinski definition) is 6. The molecule has 8 heteroatoms. The lowest BCUT2D eigenvalue weighted by Gasteiger charge is -2.18. The van der Waals surface area contributed by atoms with Crippen LogP contribution in [-0.2, 0) is 0 Å². The van der Waals surface area contributed by atoms with E-state index >= 15 is 0 Å². The van der Waals surface area contributed by atoms with Crippen molar-refractivity contribution < 1.29 is 4.74 Å². The van der Waals surface area contributed by atoms with Crippen molar-refractivity contribution >= 4 is 28.2 Å². The number of rotatable bonds is 6. The van der Waals surface area contributed by atoms with E-state index in [0.29, 0.717) is 17.4 Å². The van der Waals surface area contributed by atoms with Gasteiger partial charge in [-0.1, -0.05) is 0 Å². The number of ether oxygens (including phenoxy) is 1. The quantitative estimate of drug-likeness (QED) is 0.376. The molecule has 8 nitrogen and oxygen atoms in total. The Balaban J connectivity index is 1.45. The Kier molecular flexibility index (Phi) is 4.94. The van der Waals surface area contributed by atoms with Crippen LogP contribution in [0.5, 0.6) is 5.75 Å². The molecule has 2 N–H and O–H groups in total. The molecule has 0 amide bonds. The van der Waals surface area contributed by atoms with E-state index in [4.69, 9.17) is 4.74 Å². The molecule has 5 aromatic rings. The van der Waals surface area contributed by atoms with Gasteiger partial charge in [-0.25, -0.2) is 9.50 Å². The van der Waals surface area contributed by atoms with Gasteiger partial charge in [0.05, 0.1) is 23.2 Å². The first-order chi connectivity index (χ1) is 15.9. The molecule has 0 aromatic carbocycles. The number of nitrogens with one attached hydrogen (secondary N) is 2. The van der Waals surface area contributed by atoms with Gasteiger partial charge in [-0.15, -0.1) is 0 Å². The Morgan fingerprint density at radius 1 is 1.15 bits per heavy atom. The molecule has 0 fully saturated rings. The molecule has 0 bridgehead atoms. The van der Waals surface area contributed by atoms with Crippen LogP contribution in [0.3, 0.4) is 0 Å². The highest BCUT2D eigenvalue weighted by Gasteiger charge is 2.19. The van der Waals surface area contributed by atoms with Gasteiger partial charge in [0.25, 0.3) is 0 Å². The number of fused-ring (bicyclic) bond motifs is 2. The van der Waals surface area contributed by atoms with Gasteiger partial charge < -0.3 is 15.0 Å². The molecule has 0 radical (unpaired) electrons. The summed E-state index contributed by atoms with van der Waals surface area (Å²) < 4.78 is 7.81. The smallest absolute Gasteiger partial charge is 0.154 e. The molecule has 0 atom stereocenters. The van der Waals surface area contributed by atoms with E-state index in [2.05, 4.69) is 37.5 Å². The third-order valence-corrected chi connectivity index (χ3v) is 5.34. The number of aromatic nitrogens is 5. The number of hydrogen-bond donors (Lipinski definition) is 2. The van der Waals surface area contributed by atoms with E-state index in [1.54, 1.807) is 6.20 Å². The molecule has 0 aliphatic carbocycles. The molecule has 0 saturated carbocycles. The van der Waals surface area contributed by atoms with Gasteiger partial charge in [0.15, 0.2) is 5.82 Å². The summed E-state index contributed by atoms with van der Waals surface area (Å²) in [7, 11) is 0. The normalized spacial score (nSPS) is 11.6. The zero-order valence-corrected chi connectivity index (χ0v) is 18.6. The van der Waals surface area contributed by atoms with Crippen LogP contribution in [-0.4, -0.2) is 31.2 Å². The molecule has 5 aromatic heterocycles. The average Bonchev–Trinajstić information content (AvgIpc) is 3.43. The first-order valence-electron chi connectivity index (χ1n) is 10.6. The van der Waals surface area contributed by atoms with Crippen molar-refractivity contribution in [3.63, 3.8) is 0 Å². The summed E-state index contributed by atoms with van der Waals surface area (Å²) in [6.45, 7) is 5.93. The molecule has 0 saturated heterocycles. The molecule has 0 aliphatic heterocycles. The van der Waals surface area contributed by atoms with Gasteiger partial charge in [-0.2, -0.15) is 10.4 Å². The number of nitrogens with zero attached hydrogens (tertiary/aromatic N) is 5. The summed E-state index contributed by atoms with van der Waals surface area (Å²) in [5, 5.41) is 18.2. The second kappa shape index (κ2) is 7.95. The molecule has 33 heavy (non-hydrogen) atoms. The minimum Gasteiger partial charge on any atom is -0.490 e. The summed E-state index contributed by atoms with van der Waals surface area (Å²) >= 11 is 0. The van der Waals surface area contributed by atoms with Gasteiger partial charge in [-0.3, -0.25) is 4.98 Å². The lowest BCUT2D eigenvalue weighted by Crippen LogP contribution is -2.19. The fourth-order valence-electron chi connectivity index (χ4n) is 3.53. The number of nitriles is 1. The summed E-state index contributed by atoms with van der Waals surface area (Å²) in [4.78, 5) is 12.1. The highest BCUT2D eigenvalue weighted by atomic mass is 16.5. The molecular formula is C25H23N7O. The van der Waals surface area contributed by atoms with Gasteiger partial charge in [0, 0.05) is 35.1 Å². The van der Waals surface area contributed by atoms with Crippen molar-refractivity contribution in [1.29, 1.82) is 5.26 Å². The lowest BCUT2D eigenvalue weighted by molar-refractivity contribution is 0.227. The number of pyridine rings is 3. The molecule has 0 spiro atoms. The molecular weight excluding hydrogens is 414 g/mol. The number of aromatic amines is 1. The van der Waals surface area contributed by atoms with Crippen LogP contribution in [0.1, 0.15) is 19.5 Å². The van der Waals surface area contributed by atoms with Crippen LogP contribution < -0.4 is 10.1 Å². The van der Waals surface area contributed by atoms with E-state index in [0.717, 1.165) is 33.4 Å². The van der Waals surface area contributed by atoms with E-state index < -0.39 is 5.41 Å². The second-order valence-corrected chi connectivity index (χ2v) is 8.66. The van der Waals surface area contributed by atoms with E-state index in [9.17, 15) is 5.26 Å². The van der Waals surface area contributed by atoms with Crippen molar-refractivity contribution in [3.8, 4) is 22.9 Å². The predicted octanol–water partition coefficient (Wildman–Crippen LogP) is 5.25. The minimum absolute atomic E-state index is 0.280. The Morgan fingerprint density at radius 3 is 2.88 bits per heavy atom. The van der Waals surface area contributed by atoms with Gasteiger partial charge >= 0.3 is 0 Å². The van der Waals surface area contributed by atoms with E-state index in [1.807, 2.05) is 74.1 Å². The number of aryl methyl sites for hydroxylation is 1. The topological polar surface area (TPSA) is 104 Å². The number of anilines is 2. The lowest BCUT2D eigenvalue weighted by atomic mass is 9.97. The molecule has 5 heterocycles. The highest BCUT2D eigenvalue weighted by molar-refractivity contribution is 5.78. The highest BCUT2D eigenvalue weighted by Crippen LogP contribution is 2.32. The van der Waals surface area contributed by atoms with Crippen LogP contribution in [0.2, 0.25) is 0 Å². The third kappa shape index (κ3) is 4.21. The summed E-state index contributed by atoms with van der Waals surface area (Å²) in [6, 6.07) is 16.2. The maximum absolute atomic E-state index is 9.30. The maximum atomic E-state index is 9.30. The first kappa shape index (κ1) is 20.5.